The van der Waals surface area contributed by atoms with Gasteiger partial charge in [0.25, 0.3) is 11.5 Å². The summed E-state index contributed by atoms with van der Waals surface area (Å²) in [7, 11) is 3.60. The number of aromatic nitrogens is 4. The third-order valence-electron chi connectivity index (χ3n) is 13.1. The molecule has 3 aliphatic heterocycles. The number of carboxylic acids is 3. The maximum atomic E-state index is 14.0. The standard InChI is InChI=1S/C46H55N15O16S2/c1-18-31(35(66)30-22(16-77-45(49)75)46(76-2)36-26(55-36)15-61(46)33(30)34(18)65)50-9-10-78-79-17-27(43(73)74)58-40(69)25(11-29(63)64)57-39(68)23(47)14-52-28(62)8-7-24(42(71)72)56-38(67)19-3-5-20(6-4-19)51-12-21-13-53-37-32(54-21)41(70)60-44(48)59-37/h3-6,13,22-27,36,50-51,55H,7-12,14-17,47H2,1-2H3,(H2,49,75)(H,52,62)(H,56,67)(H,57,68)(H,58,69)(H,63,64)(H,71,72)(H,73,74)(H3,48,53,59,60,70)/t22-,23-,24-,25-,26+,27-,36+,46-/m1/s1. The average Bonchev–Trinajstić information content (AvgIpc) is 3.78. The average molecular weight is 1140 g/mol. The predicted octanol–water partition coefficient (Wildman–Crippen LogP) is -3.78. The summed E-state index contributed by atoms with van der Waals surface area (Å²) in [4.78, 5) is 156. The number of primary amides is 1. The minimum absolute atomic E-state index is 0.00687. The van der Waals surface area contributed by atoms with E-state index in [1.165, 1.54) is 44.5 Å². The Morgan fingerprint density at radius 3 is 2.30 bits per heavy atom. The molecule has 4 aliphatic rings. The lowest BCUT2D eigenvalue weighted by molar-refractivity contribution is -0.143. The van der Waals surface area contributed by atoms with E-state index in [2.05, 4.69) is 57.2 Å². The van der Waals surface area contributed by atoms with Crippen LogP contribution in [0.5, 0.6) is 0 Å². The fraction of sp³-hybridized carbons (Fsp3) is 0.435. The van der Waals surface area contributed by atoms with Crippen LogP contribution in [-0.2, 0) is 54.4 Å². The molecule has 0 spiro atoms. The smallest absolute Gasteiger partial charge is 0.404 e. The molecular weight excluding hydrogens is 1080 g/mol. The van der Waals surface area contributed by atoms with E-state index in [0.717, 1.165) is 21.6 Å². The summed E-state index contributed by atoms with van der Waals surface area (Å²) in [5.41, 5.74) is 16.5. The molecule has 5 heterocycles. The molecule has 0 radical (unpaired) electrons. The van der Waals surface area contributed by atoms with Crippen molar-refractivity contribution in [1.29, 1.82) is 0 Å². The fourth-order valence-electron chi connectivity index (χ4n) is 9.17. The number of fused-ring (bicyclic) bond motifs is 5. The molecule has 0 unspecified atom stereocenters. The van der Waals surface area contributed by atoms with Gasteiger partial charge in [-0.25, -0.2) is 24.4 Å². The first-order chi connectivity index (χ1) is 37.5. The van der Waals surface area contributed by atoms with Gasteiger partial charge in [-0.3, -0.25) is 43.3 Å². The van der Waals surface area contributed by atoms with Crippen LogP contribution in [0.2, 0.25) is 0 Å². The molecule has 7 rings (SSSR count). The molecule has 1 aliphatic carbocycles. The van der Waals surface area contributed by atoms with Crippen LogP contribution < -0.4 is 60.0 Å². The Kier molecular flexibility index (Phi) is 18.4. The second-order valence-electron chi connectivity index (χ2n) is 18.2. The second kappa shape index (κ2) is 24.9. The summed E-state index contributed by atoms with van der Waals surface area (Å²) in [6, 6.07) is -0.832. The van der Waals surface area contributed by atoms with Gasteiger partial charge in [0.05, 0.1) is 48.2 Å². The number of ether oxygens (including phenoxy) is 2. The highest BCUT2D eigenvalue weighted by Gasteiger charge is 2.72. The molecule has 31 nitrogen and oxygen atoms in total. The zero-order chi connectivity index (χ0) is 57.5. The van der Waals surface area contributed by atoms with E-state index in [-0.39, 0.29) is 88.5 Å². The maximum absolute atomic E-state index is 14.0. The van der Waals surface area contributed by atoms with Crippen molar-refractivity contribution in [1.82, 2.24) is 56.7 Å². The molecule has 2 fully saturated rings. The van der Waals surface area contributed by atoms with Crippen molar-refractivity contribution in [3.05, 3.63) is 74.6 Å². The van der Waals surface area contributed by atoms with Gasteiger partial charge in [0.2, 0.25) is 35.2 Å². The number of H-pyrrole nitrogens is 1. The summed E-state index contributed by atoms with van der Waals surface area (Å²) in [5, 5.41) is 47.5. The number of rotatable bonds is 28. The zero-order valence-corrected chi connectivity index (χ0v) is 43.6. The van der Waals surface area contributed by atoms with Crippen molar-refractivity contribution in [2.75, 3.05) is 55.9 Å². The fourth-order valence-corrected chi connectivity index (χ4v) is 11.2. The zero-order valence-electron chi connectivity index (χ0n) is 42.0. The number of carboxylic acid groups (broad SMARTS) is 3. The number of hydrogen-bond donors (Lipinski definition) is 14. The van der Waals surface area contributed by atoms with Gasteiger partial charge in [0.1, 0.15) is 30.8 Å². The predicted molar refractivity (Wildman–Crippen MR) is 278 cm³/mol. The molecule has 422 valence electrons. The molecule has 2 saturated heterocycles. The number of allylic oxidation sites excluding steroid dienone is 2. The third-order valence-corrected chi connectivity index (χ3v) is 15.5. The molecule has 1 aromatic carbocycles. The number of nitrogens with one attached hydrogen (secondary N) is 8. The highest BCUT2D eigenvalue weighted by molar-refractivity contribution is 8.76. The number of nitrogens with zero attached hydrogens (tertiary/aromatic N) is 4. The van der Waals surface area contributed by atoms with Crippen molar-refractivity contribution in [2.45, 2.75) is 74.7 Å². The van der Waals surface area contributed by atoms with Crippen LogP contribution >= 0.6 is 21.6 Å². The van der Waals surface area contributed by atoms with Gasteiger partial charge in [-0.1, -0.05) is 21.6 Å². The van der Waals surface area contributed by atoms with Gasteiger partial charge in [0.15, 0.2) is 16.9 Å². The molecule has 0 saturated carbocycles. The van der Waals surface area contributed by atoms with Crippen molar-refractivity contribution in [3.8, 4) is 0 Å². The van der Waals surface area contributed by atoms with Crippen LogP contribution in [0.4, 0.5) is 16.4 Å². The Morgan fingerprint density at radius 1 is 0.924 bits per heavy atom. The van der Waals surface area contributed by atoms with Gasteiger partial charge in [0, 0.05) is 73.1 Å². The van der Waals surface area contributed by atoms with E-state index >= 15 is 0 Å². The number of Topliss-reactive ketones (excluding diaryl/α,β-unsaturated/α-hetero) is 2. The summed E-state index contributed by atoms with van der Waals surface area (Å²) in [6.45, 7) is 1.26. The largest absolute Gasteiger partial charge is 0.481 e. The number of aromatic amines is 1. The molecule has 5 amide bonds. The van der Waals surface area contributed by atoms with Gasteiger partial charge in [-0.15, -0.1) is 0 Å². The minimum atomic E-state index is -1.82. The molecular formula is C46H55N15O16S2. The van der Waals surface area contributed by atoms with Gasteiger partial charge in [-0.05, 0) is 37.6 Å². The third kappa shape index (κ3) is 13.3. The van der Waals surface area contributed by atoms with Gasteiger partial charge in [-0.2, -0.15) is 4.98 Å². The number of aliphatic carboxylic acids is 3. The lowest BCUT2D eigenvalue weighted by Gasteiger charge is -2.39. The Hall–Kier alpha value is -8.40. The number of nitrogen functional groups attached to an aromatic ring is 1. The number of anilines is 2. The van der Waals surface area contributed by atoms with E-state index < -0.39 is 126 Å². The van der Waals surface area contributed by atoms with Crippen LogP contribution in [0, 0.1) is 5.92 Å². The molecule has 2 aromatic heterocycles. The summed E-state index contributed by atoms with van der Waals surface area (Å²) in [5.74, 6) is -10.2. The quantitative estimate of drug-likeness (QED) is 0.0144. The monoisotopic (exact) mass is 1140 g/mol. The van der Waals surface area contributed by atoms with Crippen molar-refractivity contribution < 1.29 is 72.7 Å². The first kappa shape index (κ1) is 58.3. The van der Waals surface area contributed by atoms with Crippen LogP contribution in [0.15, 0.2) is 57.8 Å². The van der Waals surface area contributed by atoms with Crippen molar-refractivity contribution >= 4 is 104 Å². The number of ketones is 2. The van der Waals surface area contributed by atoms with Crippen molar-refractivity contribution in [2.24, 2.45) is 17.4 Å². The Labute approximate surface area is 454 Å². The van der Waals surface area contributed by atoms with Crippen LogP contribution in [0.25, 0.3) is 11.2 Å². The number of nitrogens with two attached hydrogens (primary N) is 3. The molecule has 79 heavy (non-hydrogen) atoms. The molecule has 33 heteroatoms. The first-order valence-electron chi connectivity index (χ1n) is 24.0. The highest BCUT2D eigenvalue weighted by atomic mass is 33.1. The molecule has 8 atom stereocenters. The molecule has 17 N–H and O–H groups in total. The van der Waals surface area contributed by atoms with E-state index in [9.17, 15) is 68.1 Å². The molecule has 3 aromatic rings. The maximum Gasteiger partial charge on any atom is 0.404 e. The van der Waals surface area contributed by atoms with E-state index in [4.69, 9.17) is 26.7 Å². The lowest BCUT2D eigenvalue weighted by atomic mass is 9.82. The number of carbonyl (C=O) groups excluding carboxylic acids is 7. The number of carbonyl (C=O) groups is 10. The summed E-state index contributed by atoms with van der Waals surface area (Å²) in [6.07, 6.45) is -1.50. The lowest BCUT2D eigenvalue weighted by Crippen LogP contribution is -2.57. The Bertz CT molecular complexity index is 3100. The van der Waals surface area contributed by atoms with E-state index in [1.54, 1.807) is 4.90 Å². The van der Waals surface area contributed by atoms with Gasteiger partial charge >= 0.3 is 24.0 Å². The minimum Gasteiger partial charge on any atom is -0.481 e. The topological polar surface area (TPSA) is 497 Å². The number of methoxy groups -OCH3 is 1. The van der Waals surface area contributed by atoms with Crippen LogP contribution in [0.1, 0.15) is 42.2 Å². The SMILES string of the molecule is CO[C@@]12[C@H](COC(N)=O)C3=C(C(=O)C(C)=C(NCCSSC[C@@H](NC(=O)[C@@H](CC(=O)O)NC(=O)[C@H](N)CNC(=O)CC[C@@H](NC(=O)c4ccc(NCc5cnc6nc(N)[nH]c(=O)c6n5)cc4)C(=O)O)C(=O)O)C3=O)N1C[C@@H]1N[C@@H]12. The Balaban J connectivity index is 0.822. The van der Waals surface area contributed by atoms with E-state index in [0.29, 0.717) is 17.9 Å². The normalized spacial score (nSPS) is 20.4. The van der Waals surface area contributed by atoms with Gasteiger partial charge < -0.3 is 84.1 Å². The second-order valence-corrected chi connectivity index (χ2v) is 20.9. The number of hydrogen-bond acceptors (Lipinski definition) is 24. The first-order valence-corrected chi connectivity index (χ1v) is 26.5. The van der Waals surface area contributed by atoms with Crippen molar-refractivity contribution in [3.63, 3.8) is 0 Å². The van der Waals surface area contributed by atoms with E-state index in [1.807, 2.05) is 0 Å². The summed E-state index contributed by atoms with van der Waals surface area (Å²) >= 11 is 0. The van der Waals surface area contributed by atoms with Crippen LogP contribution in [0.3, 0.4) is 0 Å². The highest BCUT2D eigenvalue weighted by Crippen LogP contribution is 2.55. The van der Waals surface area contributed by atoms with Crippen LogP contribution in [-0.4, -0.2) is 186 Å². The summed E-state index contributed by atoms with van der Waals surface area (Å²) < 4.78 is 11.1. The number of benzene rings is 1. The number of amides is 5. The molecule has 0 bridgehead atoms. The Morgan fingerprint density at radius 2 is 1.63 bits per heavy atom. The number of piperazine rings is 1.